The normalized spacial score (nSPS) is 17.1. The van der Waals surface area contributed by atoms with E-state index in [0.717, 1.165) is 44.7 Å². The Morgan fingerprint density at radius 1 is 1.37 bits per heavy atom. The van der Waals surface area contributed by atoms with Gasteiger partial charge in [-0.25, -0.2) is 4.98 Å². The molecule has 0 aromatic carbocycles. The number of amides is 1. The largest absolute Gasteiger partial charge is 0.383 e. The standard InChI is InChI=1S/C20H29N5O2/c1-23(14-15-27-2)19-8-7-17(16-21-19)20(26)25-12-4-3-6-18(25)9-13-24-11-5-10-22-24/h5,7-8,10-11,16,18H,3-4,6,9,12-15H2,1-2H3/t18-/m1/s1. The zero-order chi connectivity index (χ0) is 19.1. The Hall–Kier alpha value is -2.41. The Morgan fingerprint density at radius 3 is 2.96 bits per heavy atom. The monoisotopic (exact) mass is 371 g/mol. The van der Waals surface area contributed by atoms with Crippen molar-refractivity contribution in [1.82, 2.24) is 19.7 Å². The van der Waals surface area contributed by atoms with E-state index < -0.39 is 0 Å². The second kappa shape index (κ2) is 9.50. The van der Waals surface area contributed by atoms with Crippen LogP contribution in [0.1, 0.15) is 36.0 Å². The first-order chi connectivity index (χ1) is 13.2. The van der Waals surface area contributed by atoms with Gasteiger partial charge < -0.3 is 14.5 Å². The smallest absolute Gasteiger partial charge is 0.255 e. The lowest BCUT2D eigenvalue weighted by molar-refractivity contribution is 0.0593. The quantitative estimate of drug-likeness (QED) is 0.713. The van der Waals surface area contributed by atoms with Crippen LogP contribution in [0.25, 0.3) is 0 Å². The molecule has 0 spiro atoms. The summed E-state index contributed by atoms with van der Waals surface area (Å²) in [5.74, 6) is 0.927. The van der Waals surface area contributed by atoms with E-state index in [1.165, 1.54) is 6.42 Å². The van der Waals surface area contributed by atoms with Crippen LogP contribution >= 0.6 is 0 Å². The van der Waals surface area contributed by atoms with Gasteiger partial charge in [0.05, 0.1) is 12.2 Å². The van der Waals surface area contributed by atoms with Crippen molar-refractivity contribution in [1.29, 1.82) is 0 Å². The third kappa shape index (κ3) is 5.07. The molecule has 0 unspecified atom stereocenters. The van der Waals surface area contributed by atoms with Crippen molar-refractivity contribution in [2.45, 2.75) is 38.3 Å². The lowest BCUT2D eigenvalue weighted by Gasteiger charge is -2.36. The molecule has 0 saturated carbocycles. The van der Waals surface area contributed by atoms with E-state index in [1.807, 2.05) is 45.9 Å². The third-order valence-electron chi connectivity index (χ3n) is 5.16. The molecule has 2 aromatic heterocycles. The molecule has 2 aromatic rings. The number of nitrogens with zero attached hydrogens (tertiary/aromatic N) is 5. The van der Waals surface area contributed by atoms with Crippen LogP contribution in [0.15, 0.2) is 36.8 Å². The summed E-state index contributed by atoms with van der Waals surface area (Å²) in [4.78, 5) is 21.6. The van der Waals surface area contributed by atoms with Crippen LogP contribution in [0.3, 0.4) is 0 Å². The minimum atomic E-state index is 0.0822. The zero-order valence-corrected chi connectivity index (χ0v) is 16.3. The number of anilines is 1. The summed E-state index contributed by atoms with van der Waals surface area (Å²) in [7, 11) is 3.66. The van der Waals surface area contributed by atoms with Gasteiger partial charge in [0.15, 0.2) is 0 Å². The van der Waals surface area contributed by atoms with Gasteiger partial charge in [0.25, 0.3) is 5.91 Å². The van der Waals surface area contributed by atoms with Crippen LogP contribution in [0.2, 0.25) is 0 Å². The molecular formula is C20H29N5O2. The fourth-order valence-electron chi connectivity index (χ4n) is 3.53. The summed E-state index contributed by atoms with van der Waals surface area (Å²) in [5, 5.41) is 4.27. The number of ether oxygens (including phenoxy) is 1. The summed E-state index contributed by atoms with van der Waals surface area (Å²) < 4.78 is 7.03. The summed E-state index contributed by atoms with van der Waals surface area (Å²) in [5.41, 5.74) is 0.657. The minimum absolute atomic E-state index is 0.0822. The van der Waals surface area contributed by atoms with Gasteiger partial charge >= 0.3 is 0 Å². The van der Waals surface area contributed by atoms with Crippen molar-refractivity contribution >= 4 is 11.7 Å². The second-order valence-corrected chi connectivity index (χ2v) is 7.03. The van der Waals surface area contributed by atoms with Crippen molar-refractivity contribution < 1.29 is 9.53 Å². The highest BCUT2D eigenvalue weighted by atomic mass is 16.5. The molecule has 7 nitrogen and oxygen atoms in total. The SMILES string of the molecule is COCCN(C)c1ccc(C(=O)N2CCCC[C@@H]2CCn2cccn2)cn1. The van der Waals surface area contributed by atoms with E-state index in [0.29, 0.717) is 12.2 Å². The lowest BCUT2D eigenvalue weighted by atomic mass is 9.98. The molecule has 3 rings (SSSR count). The van der Waals surface area contributed by atoms with E-state index in [1.54, 1.807) is 19.5 Å². The third-order valence-corrected chi connectivity index (χ3v) is 5.16. The molecule has 3 heterocycles. The Morgan fingerprint density at radius 2 is 2.26 bits per heavy atom. The van der Waals surface area contributed by atoms with Gasteiger partial charge in [0, 0.05) is 58.4 Å². The number of rotatable bonds is 8. The van der Waals surface area contributed by atoms with Gasteiger partial charge in [0.2, 0.25) is 0 Å². The van der Waals surface area contributed by atoms with Gasteiger partial charge in [-0.3, -0.25) is 9.48 Å². The topological polar surface area (TPSA) is 63.5 Å². The predicted octanol–water partition coefficient (Wildman–Crippen LogP) is 2.45. The Balaban J connectivity index is 1.63. The number of aryl methyl sites for hydroxylation is 1. The zero-order valence-electron chi connectivity index (χ0n) is 16.3. The van der Waals surface area contributed by atoms with Crippen LogP contribution in [0, 0.1) is 0 Å². The van der Waals surface area contributed by atoms with Crippen LogP contribution < -0.4 is 4.90 Å². The van der Waals surface area contributed by atoms with E-state index >= 15 is 0 Å². The Kier molecular flexibility index (Phi) is 6.81. The molecule has 0 radical (unpaired) electrons. The van der Waals surface area contributed by atoms with Crippen molar-refractivity contribution in [2.75, 3.05) is 38.8 Å². The van der Waals surface area contributed by atoms with Crippen LogP contribution in [-0.4, -0.2) is 65.5 Å². The van der Waals surface area contributed by atoms with Crippen molar-refractivity contribution in [3.05, 3.63) is 42.4 Å². The van der Waals surface area contributed by atoms with Crippen molar-refractivity contribution in [3.8, 4) is 0 Å². The first-order valence-corrected chi connectivity index (χ1v) is 9.63. The second-order valence-electron chi connectivity index (χ2n) is 7.03. The van der Waals surface area contributed by atoms with E-state index in [9.17, 15) is 4.79 Å². The Bertz CT molecular complexity index is 702. The highest BCUT2D eigenvalue weighted by Gasteiger charge is 2.27. The molecular weight excluding hydrogens is 342 g/mol. The molecule has 0 N–H and O–H groups in total. The first-order valence-electron chi connectivity index (χ1n) is 9.63. The summed E-state index contributed by atoms with van der Waals surface area (Å²) in [6.45, 7) is 3.06. The number of likely N-dealkylation sites (tertiary alicyclic amines) is 1. The molecule has 0 bridgehead atoms. The molecule has 146 valence electrons. The maximum absolute atomic E-state index is 13.1. The van der Waals surface area contributed by atoms with Gasteiger partial charge in [-0.1, -0.05) is 0 Å². The van der Waals surface area contributed by atoms with Crippen LogP contribution in [0.4, 0.5) is 5.82 Å². The first kappa shape index (κ1) is 19.4. The number of carbonyl (C=O) groups is 1. The minimum Gasteiger partial charge on any atom is -0.383 e. The van der Waals surface area contributed by atoms with Gasteiger partial charge in [0.1, 0.15) is 5.82 Å². The number of carbonyl (C=O) groups excluding carboxylic acids is 1. The number of aromatic nitrogens is 3. The number of methoxy groups -OCH3 is 1. The maximum atomic E-state index is 13.1. The average Bonchev–Trinajstić information content (AvgIpc) is 3.24. The van der Waals surface area contributed by atoms with Crippen LogP contribution in [-0.2, 0) is 11.3 Å². The summed E-state index contributed by atoms with van der Waals surface area (Å²) in [6.07, 6.45) is 9.68. The lowest BCUT2D eigenvalue weighted by Crippen LogP contribution is -2.44. The molecule has 27 heavy (non-hydrogen) atoms. The van der Waals surface area contributed by atoms with Gasteiger partial charge in [-0.05, 0) is 43.9 Å². The number of piperidine rings is 1. The summed E-state index contributed by atoms with van der Waals surface area (Å²) in [6, 6.07) is 5.99. The van der Waals surface area contributed by atoms with Crippen molar-refractivity contribution in [3.63, 3.8) is 0 Å². The van der Waals surface area contributed by atoms with E-state index in [-0.39, 0.29) is 11.9 Å². The number of pyridine rings is 1. The molecule has 7 heteroatoms. The van der Waals surface area contributed by atoms with Gasteiger partial charge in [-0.2, -0.15) is 5.10 Å². The molecule has 1 saturated heterocycles. The maximum Gasteiger partial charge on any atom is 0.255 e. The highest BCUT2D eigenvalue weighted by molar-refractivity contribution is 5.94. The molecule has 1 fully saturated rings. The number of hydrogen-bond acceptors (Lipinski definition) is 5. The van der Waals surface area contributed by atoms with Gasteiger partial charge in [-0.15, -0.1) is 0 Å². The molecule has 1 aliphatic rings. The Labute approximate surface area is 160 Å². The van der Waals surface area contributed by atoms with Crippen molar-refractivity contribution in [2.24, 2.45) is 0 Å². The number of likely N-dealkylation sites (N-methyl/N-ethyl adjacent to an activating group) is 1. The average molecular weight is 371 g/mol. The summed E-state index contributed by atoms with van der Waals surface area (Å²) >= 11 is 0. The molecule has 1 atom stereocenters. The van der Waals surface area contributed by atoms with Crippen LogP contribution in [0.5, 0.6) is 0 Å². The molecule has 1 amide bonds. The predicted molar refractivity (Wildman–Crippen MR) is 105 cm³/mol. The van der Waals surface area contributed by atoms with E-state index in [4.69, 9.17) is 4.74 Å². The highest BCUT2D eigenvalue weighted by Crippen LogP contribution is 2.23. The number of hydrogen-bond donors (Lipinski definition) is 0. The fraction of sp³-hybridized carbons (Fsp3) is 0.550. The molecule has 1 aliphatic heterocycles. The molecule has 0 aliphatic carbocycles. The van der Waals surface area contributed by atoms with E-state index in [2.05, 4.69) is 10.1 Å². The fourth-order valence-corrected chi connectivity index (χ4v) is 3.53.